The van der Waals surface area contributed by atoms with Crippen molar-refractivity contribution in [2.75, 3.05) is 18.4 Å². The van der Waals surface area contributed by atoms with Gasteiger partial charge in [0.25, 0.3) is 0 Å². The van der Waals surface area contributed by atoms with E-state index in [-0.39, 0.29) is 6.04 Å². The second kappa shape index (κ2) is 5.15. The average Bonchev–Trinajstić information content (AvgIpc) is 3.10. The Balaban J connectivity index is 1.49. The summed E-state index contributed by atoms with van der Waals surface area (Å²) >= 11 is 0. The van der Waals surface area contributed by atoms with Crippen molar-refractivity contribution in [3.8, 4) is 0 Å². The van der Waals surface area contributed by atoms with Gasteiger partial charge in [-0.3, -0.25) is 0 Å². The minimum atomic E-state index is -0.835. The summed E-state index contributed by atoms with van der Waals surface area (Å²) in [7, 11) is 0. The maximum Gasteiger partial charge on any atom is 0.407 e. The number of hydrogen-bond donors (Lipinski definition) is 2. The van der Waals surface area contributed by atoms with Crippen molar-refractivity contribution >= 4 is 17.6 Å². The van der Waals surface area contributed by atoms with Crippen LogP contribution in [0.4, 0.5) is 10.6 Å². The lowest BCUT2D eigenvalue weighted by molar-refractivity contribution is 0.142. The fraction of sp³-hybridized carbons (Fsp3) is 0.533. The number of nitrogens with zero attached hydrogens (tertiary/aromatic N) is 4. The van der Waals surface area contributed by atoms with Gasteiger partial charge in [-0.1, -0.05) is 0 Å². The van der Waals surface area contributed by atoms with Crippen LogP contribution in [0.25, 0.3) is 5.65 Å². The SMILES string of the molecule is O=C(O)N1CCC[C@H]1CNc1ccc2ncc(C3CC3)n2n1. The van der Waals surface area contributed by atoms with Crippen LogP contribution in [0.15, 0.2) is 18.3 Å². The molecule has 2 aliphatic rings. The summed E-state index contributed by atoms with van der Waals surface area (Å²) in [6.45, 7) is 1.22. The van der Waals surface area contributed by atoms with Gasteiger partial charge in [0.2, 0.25) is 0 Å². The lowest BCUT2D eigenvalue weighted by Crippen LogP contribution is -2.38. The summed E-state index contributed by atoms with van der Waals surface area (Å²) in [6, 6.07) is 3.88. The van der Waals surface area contributed by atoms with Gasteiger partial charge in [-0.05, 0) is 37.8 Å². The monoisotopic (exact) mass is 301 g/mol. The Kier molecular flexibility index (Phi) is 3.13. The molecule has 1 saturated heterocycles. The molecule has 0 bridgehead atoms. The molecule has 7 nitrogen and oxygen atoms in total. The van der Waals surface area contributed by atoms with Crippen molar-refractivity contribution in [3.63, 3.8) is 0 Å². The van der Waals surface area contributed by atoms with E-state index < -0.39 is 6.09 Å². The van der Waals surface area contributed by atoms with Crippen molar-refractivity contribution in [3.05, 3.63) is 24.0 Å². The second-order valence-corrected chi connectivity index (χ2v) is 6.10. The summed E-state index contributed by atoms with van der Waals surface area (Å²) in [5.74, 6) is 1.36. The average molecular weight is 301 g/mol. The predicted octanol–water partition coefficient (Wildman–Crippen LogP) is 2.16. The standard InChI is InChI=1S/C15H19N5O2/c21-15(22)19-7-1-2-11(19)8-16-13-5-6-14-17-9-12(10-3-4-10)20(14)18-13/h5-6,9-11H,1-4,7-8H2,(H,16,18)(H,21,22)/t11-/m0/s1. The van der Waals surface area contributed by atoms with Crippen LogP contribution in [0.3, 0.4) is 0 Å². The fourth-order valence-electron chi connectivity index (χ4n) is 3.16. The fourth-order valence-corrected chi connectivity index (χ4v) is 3.16. The first-order valence-corrected chi connectivity index (χ1v) is 7.80. The zero-order valence-corrected chi connectivity index (χ0v) is 12.3. The number of hydrogen-bond acceptors (Lipinski definition) is 4. The Morgan fingerprint density at radius 3 is 3.00 bits per heavy atom. The van der Waals surface area contributed by atoms with Gasteiger partial charge >= 0.3 is 6.09 Å². The van der Waals surface area contributed by atoms with E-state index in [1.807, 2.05) is 22.8 Å². The highest BCUT2D eigenvalue weighted by Crippen LogP contribution is 2.39. The molecule has 22 heavy (non-hydrogen) atoms. The molecule has 116 valence electrons. The molecule has 1 aliphatic heterocycles. The van der Waals surface area contributed by atoms with Gasteiger partial charge in [-0.15, -0.1) is 5.10 Å². The van der Waals surface area contributed by atoms with Gasteiger partial charge in [0.1, 0.15) is 5.82 Å². The van der Waals surface area contributed by atoms with Crippen LogP contribution in [0.2, 0.25) is 0 Å². The van der Waals surface area contributed by atoms with Gasteiger partial charge in [-0.25, -0.2) is 14.3 Å². The van der Waals surface area contributed by atoms with Crippen LogP contribution >= 0.6 is 0 Å². The molecular formula is C15H19N5O2. The van der Waals surface area contributed by atoms with Crippen LogP contribution in [0.1, 0.15) is 37.3 Å². The molecule has 4 rings (SSSR count). The zero-order valence-electron chi connectivity index (χ0n) is 12.3. The predicted molar refractivity (Wildman–Crippen MR) is 81.2 cm³/mol. The summed E-state index contributed by atoms with van der Waals surface area (Å²) in [5.41, 5.74) is 2.03. The number of fused-ring (bicyclic) bond motifs is 1. The van der Waals surface area contributed by atoms with Crippen LogP contribution < -0.4 is 5.32 Å². The van der Waals surface area contributed by atoms with Crippen molar-refractivity contribution in [2.45, 2.75) is 37.6 Å². The molecule has 7 heteroatoms. The molecule has 2 aromatic heterocycles. The summed E-state index contributed by atoms with van der Waals surface area (Å²) in [4.78, 5) is 17.1. The smallest absolute Gasteiger partial charge is 0.407 e. The number of carboxylic acid groups (broad SMARTS) is 1. The van der Waals surface area contributed by atoms with Crippen LogP contribution in [0, 0.1) is 0 Å². The quantitative estimate of drug-likeness (QED) is 0.904. The third-order valence-corrected chi connectivity index (χ3v) is 4.53. The van der Waals surface area contributed by atoms with Crippen LogP contribution in [-0.4, -0.2) is 49.8 Å². The third-order valence-electron chi connectivity index (χ3n) is 4.53. The molecule has 1 saturated carbocycles. The van der Waals surface area contributed by atoms with E-state index in [2.05, 4.69) is 15.4 Å². The molecule has 0 aromatic carbocycles. The summed E-state index contributed by atoms with van der Waals surface area (Å²) < 4.78 is 1.91. The van der Waals surface area contributed by atoms with E-state index in [4.69, 9.17) is 5.11 Å². The molecule has 1 aliphatic carbocycles. The number of rotatable bonds is 4. The van der Waals surface area contributed by atoms with Crippen LogP contribution in [0.5, 0.6) is 0 Å². The number of carbonyl (C=O) groups is 1. The molecule has 2 fully saturated rings. The maximum atomic E-state index is 11.2. The van der Waals surface area contributed by atoms with Crippen molar-refractivity contribution in [2.24, 2.45) is 0 Å². The first-order valence-electron chi connectivity index (χ1n) is 7.80. The zero-order chi connectivity index (χ0) is 15.1. The number of anilines is 1. The highest BCUT2D eigenvalue weighted by molar-refractivity contribution is 5.66. The first kappa shape index (κ1) is 13.4. The number of amides is 1. The molecule has 0 spiro atoms. The van der Waals surface area contributed by atoms with Gasteiger partial charge in [-0.2, -0.15) is 0 Å². The number of nitrogens with one attached hydrogen (secondary N) is 1. The normalized spacial score (nSPS) is 21.5. The van der Waals surface area contributed by atoms with E-state index in [1.165, 1.54) is 23.4 Å². The lowest BCUT2D eigenvalue weighted by atomic mass is 10.2. The second-order valence-electron chi connectivity index (χ2n) is 6.10. The van der Waals surface area contributed by atoms with Gasteiger partial charge < -0.3 is 15.3 Å². The minimum absolute atomic E-state index is 0.0284. The Labute approximate surface area is 127 Å². The lowest BCUT2D eigenvalue weighted by Gasteiger charge is -2.21. The van der Waals surface area contributed by atoms with Crippen molar-refractivity contribution in [1.82, 2.24) is 19.5 Å². The van der Waals surface area contributed by atoms with E-state index in [0.29, 0.717) is 19.0 Å². The van der Waals surface area contributed by atoms with E-state index >= 15 is 0 Å². The topological polar surface area (TPSA) is 82.8 Å². The summed E-state index contributed by atoms with van der Waals surface area (Å²) in [5, 5.41) is 17.0. The Hall–Kier alpha value is -2.31. The molecule has 0 radical (unpaired) electrons. The molecular weight excluding hydrogens is 282 g/mol. The first-order chi connectivity index (χ1) is 10.7. The Bertz CT molecular complexity index is 709. The van der Waals surface area contributed by atoms with Gasteiger partial charge in [0.15, 0.2) is 5.65 Å². The highest BCUT2D eigenvalue weighted by Gasteiger charge is 2.29. The Morgan fingerprint density at radius 2 is 2.23 bits per heavy atom. The van der Waals surface area contributed by atoms with E-state index in [9.17, 15) is 4.79 Å². The molecule has 2 N–H and O–H groups in total. The minimum Gasteiger partial charge on any atom is -0.465 e. The van der Waals surface area contributed by atoms with Crippen molar-refractivity contribution < 1.29 is 9.90 Å². The Morgan fingerprint density at radius 1 is 1.36 bits per heavy atom. The molecule has 3 heterocycles. The van der Waals surface area contributed by atoms with Gasteiger partial charge in [0, 0.05) is 19.0 Å². The van der Waals surface area contributed by atoms with E-state index in [0.717, 1.165) is 24.3 Å². The molecule has 2 aromatic rings. The molecule has 0 unspecified atom stereocenters. The van der Waals surface area contributed by atoms with E-state index in [1.54, 1.807) is 0 Å². The molecule has 1 atom stereocenters. The highest BCUT2D eigenvalue weighted by atomic mass is 16.4. The maximum absolute atomic E-state index is 11.2. The largest absolute Gasteiger partial charge is 0.465 e. The third kappa shape index (κ3) is 2.36. The number of imidazole rings is 1. The summed E-state index contributed by atoms with van der Waals surface area (Å²) in [6.07, 6.45) is 5.33. The van der Waals surface area contributed by atoms with Gasteiger partial charge in [0.05, 0.1) is 17.9 Å². The molecule has 1 amide bonds. The van der Waals surface area contributed by atoms with Crippen LogP contribution in [-0.2, 0) is 0 Å². The number of aromatic nitrogens is 3. The van der Waals surface area contributed by atoms with Crippen molar-refractivity contribution in [1.29, 1.82) is 0 Å². The number of likely N-dealkylation sites (tertiary alicyclic amines) is 1.